The van der Waals surface area contributed by atoms with Crippen molar-refractivity contribution in [3.63, 3.8) is 0 Å². The van der Waals surface area contributed by atoms with Crippen LogP contribution in [0.15, 0.2) is 0 Å². The lowest BCUT2D eigenvalue weighted by Gasteiger charge is -2.29. The molecule has 56 valence electrons. The summed E-state index contributed by atoms with van der Waals surface area (Å²) < 4.78 is -1.39. The molecule has 0 radical (unpaired) electrons. The highest BCUT2D eigenvalue weighted by molar-refractivity contribution is 6.68. The van der Waals surface area contributed by atoms with Gasteiger partial charge < -0.3 is 5.11 Å². The van der Waals surface area contributed by atoms with Gasteiger partial charge in [-0.05, 0) is 0 Å². The summed E-state index contributed by atoms with van der Waals surface area (Å²) in [5, 5.41) is 8.68. The Morgan fingerprint density at radius 3 is 1.56 bits per heavy atom. The van der Waals surface area contributed by atoms with E-state index >= 15 is 0 Å². The summed E-state index contributed by atoms with van der Waals surface area (Å²) in [5.41, 5.74) is -0.669. The first-order valence-corrected chi connectivity index (χ1v) is 3.62. The van der Waals surface area contributed by atoms with Gasteiger partial charge in [-0.3, -0.25) is 0 Å². The minimum absolute atomic E-state index is 0.135. The van der Waals surface area contributed by atoms with E-state index in [0.29, 0.717) is 0 Å². The molecule has 9 heavy (non-hydrogen) atoms. The fraction of sp³-hybridized carbons (Fsp3) is 1.00. The van der Waals surface area contributed by atoms with Crippen LogP contribution in [0.4, 0.5) is 0 Å². The van der Waals surface area contributed by atoms with Gasteiger partial charge in [0.05, 0.1) is 6.61 Å². The Balaban J connectivity index is 4.14. The number of alkyl halides is 3. The number of aliphatic hydroxyl groups is 1. The van der Waals surface area contributed by atoms with E-state index in [0.717, 1.165) is 0 Å². The molecule has 0 unspecified atom stereocenters. The Labute approximate surface area is 69.9 Å². The van der Waals surface area contributed by atoms with Gasteiger partial charge in [-0.2, -0.15) is 0 Å². The van der Waals surface area contributed by atoms with Crippen molar-refractivity contribution in [2.75, 3.05) is 6.61 Å². The van der Waals surface area contributed by atoms with Gasteiger partial charge in [-0.25, -0.2) is 0 Å². The van der Waals surface area contributed by atoms with Crippen molar-refractivity contribution >= 4 is 34.8 Å². The highest BCUT2D eigenvalue weighted by atomic mass is 35.6. The van der Waals surface area contributed by atoms with Crippen molar-refractivity contribution in [2.45, 2.75) is 17.6 Å². The molecule has 1 N–H and O–H groups in total. The quantitative estimate of drug-likeness (QED) is 0.631. The van der Waals surface area contributed by atoms with Crippen LogP contribution in [0, 0.1) is 5.41 Å². The fourth-order valence-electron chi connectivity index (χ4n) is 0.0896. The summed E-state index contributed by atoms with van der Waals surface area (Å²) in [6.07, 6.45) is 0. The van der Waals surface area contributed by atoms with E-state index in [1.165, 1.54) is 0 Å². The van der Waals surface area contributed by atoms with E-state index in [9.17, 15) is 0 Å². The Bertz CT molecular complexity index is 94.9. The zero-order valence-corrected chi connectivity index (χ0v) is 7.56. The molecule has 1 nitrogen and oxygen atoms in total. The predicted molar refractivity (Wildman–Crippen MR) is 41.2 cm³/mol. The second-order valence-corrected chi connectivity index (χ2v) is 4.82. The smallest absolute Gasteiger partial charge is 0.197 e. The van der Waals surface area contributed by atoms with Gasteiger partial charge in [0.1, 0.15) is 0 Å². The maximum absolute atomic E-state index is 8.68. The zero-order chi connectivity index (χ0) is 7.71. The molecule has 0 atom stereocenters. The molecule has 4 heteroatoms. The van der Waals surface area contributed by atoms with Gasteiger partial charge in [0.25, 0.3) is 0 Å². The lowest BCUT2D eigenvalue weighted by molar-refractivity contribution is 0.163. The minimum atomic E-state index is -1.39. The molecule has 0 saturated heterocycles. The first-order chi connectivity index (χ1) is 3.81. The van der Waals surface area contributed by atoms with E-state index in [1.54, 1.807) is 13.8 Å². The molecular weight excluding hydrogens is 182 g/mol. The Morgan fingerprint density at radius 1 is 1.22 bits per heavy atom. The van der Waals surface area contributed by atoms with Gasteiger partial charge in [-0.1, -0.05) is 48.7 Å². The summed E-state index contributed by atoms with van der Waals surface area (Å²) >= 11 is 16.5. The third-order valence-corrected chi connectivity index (χ3v) is 2.70. The second kappa shape index (κ2) is 2.83. The van der Waals surface area contributed by atoms with Crippen molar-refractivity contribution < 1.29 is 5.11 Å². The molecule has 0 aromatic rings. The third kappa shape index (κ3) is 2.50. The van der Waals surface area contributed by atoms with E-state index in [-0.39, 0.29) is 6.61 Å². The van der Waals surface area contributed by atoms with Crippen LogP contribution in [0.5, 0.6) is 0 Å². The van der Waals surface area contributed by atoms with Crippen molar-refractivity contribution in [1.29, 1.82) is 0 Å². The molecule has 0 spiro atoms. The lowest BCUT2D eigenvalue weighted by Crippen LogP contribution is -2.32. The van der Waals surface area contributed by atoms with Crippen LogP contribution in [0.2, 0.25) is 0 Å². The predicted octanol–water partition coefficient (Wildman–Crippen LogP) is 2.38. The highest BCUT2D eigenvalue weighted by Crippen LogP contribution is 2.43. The number of halogens is 3. The second-order valence-electron chi connectivity index (χ2n) is 2.54. The number of hydrogen-bond acceptors (Lipinski definition) is 1. The molecular formula is C5H9Cl3O. The molecule has 0 heterocycles. The fourth-order valence-corrected chi connectivity index (χ4v) is 0.269. The normalized spacial score (nSPS) is 14.0. The van der Waals surface area contributed by atoms with Crippen molar-refractivity contribution in [3.05, 3.63) is 0 Å². The monoisotopic (exact) mass is 190 g/mol. The Hall–Kier alpha value is 0.830. The number of rotatable bonds is 1. The first kappa shape index (κ1) is 9.83. The van der Waals surface area contributed by atoms with E-state index in [4.69, 9.17) is 39.9 Å². The molecule has 0 amide bonds. The minimum Gasteiger partial charge on any atom is -0.396 e. The molecule has 0 aromatic heterocycles. The van der Waals surface area contributed by atoms with Crippen LogP contribution in [0.25, 0.3) is 0 Å². The van der Waals surface area contributed by atoms with Gasteiger partial charge in [0.15, 0.2) is 3.79 Å². The summed E-state index contributed by atoms with van der Waals surface area (Å²) in [6, 6.07) is 0. The maximum atomic E-state index is 8.68. The van der Waals surface area contributed by atoms with E-state index in [2.05, 4.69) is 0 Å². The van der Waals surface area contributed by atoms with E-state index < -0.39 is 9.21 Å². The maximum Gasteiger partial charge on any atom is 0.197 e. The highest BCUT2D eigenvalue weighted by Gasteiger charge is 2.39. The number of hydrogen-bond donors (Lipinski definition) is 1. The lowest BCUT2D eigenvalue weighted by atomic mass is 9.98. The van der Waals surface area contributed by atoms with Gasteiger partial charge in [0.2, 0.25) is 0 Å². The van der Waals surface area contributed by atoms with Crippen LogP contribution < -0.4 is 0 Å². The van der Waals surface area contributed by atoms with Crippen molar-refractivity contribution in [3.8, 4) is 0 Å². The van der Waals surface area contributed by atoms with Crippen LogP contribution in [0.1, 0.15) is 13.8 Å². The van der Waals surface area contributed by atoms with Crippen molar-refractivity contribution in [1.82, 2.24) is 0 Å². The molecule has 0 fully saturated rings. The summed E-state index contributed by atoms with van der Waals surface area (Å²) in [5.74, 6) is 0. The molecule has 0 aliphatic rings. The molecule has 0 aromatic carbocycles. The Kier molecular flexibility index (Phi) is 3.09. The van der Waals surface area contributed by atoms with Crippen LogP contribution in [-0.2, 0) is 0 Å². The van der Waals surface area contributed by atoms with Crippen LogP contribution in [0.3, 0.4) is 0 Å². The van der Waals surface area contributed by atoms with Gasteiger partial charge in [0, 0.05) is 5.41 Å². The largest absolute Gasteiger partial charge is 0.396 e. The van der Waals surface area contributed by atoms with E-state index in [1.807, 2.05) is 0 Å². The van der Waals surface area contributed by atoms with Crippen LogP contribution in [-0.4, -0.2) is 15.5 Å². The van der Waals surface area contributed by atoms with Crippen molar-refractivity contribution in [2.24, 2.45) is 5.41 Å². The molecule has 0 aliphatic heterocycles. The summed E-state index contributed by atoms with van der Waals surface area (Å²) in [7, 11) is 0. The zero-order valence-electron chi connectivity index (χ0n) is 5.29. The van der Waals surface area contributed by atoms with Gasteiger partial charge >= 0.3 is 0 Å². The molecule has 0 rings (SSSR count). The Morgan fingerprint density at radius 2 is 1.56 bits per heavy atom. The molecule has 0 aliphatic carbocycles. The van der Waals surface area contributed by atoms with Crippen LogP contribution >= 0.6 is 34.8 Å². The number of aliphatic hydroxyl groups excluding tert-OH is 1. The molecule has 0 saturated carbocycles. The summed E-state index contributed by atoms with van der Waals surface area (Å²) in [6.45, 7) is 3.23. The summed E-state index contributed by atoms with van der Waals surface area (Å²) in [4.78, 5) is 0. The SMILES string of the molecule is CC(C)(CO)C(Cl)(Cl)Cl. The van der Waals surface area contributed by atoms with Gasteiger partial charge in [-0.15, -0.1) is 0 Å². The third-order valence-electron chi connectivity index (χ3n) is 1.16. The topological polar surface area (TPSA) is 20.2 Å². The molecule has 0 bridgehead atoms. The average Bonchev–Trinajstić information content (AvgIpc) is 1.64. The standard InChI is InChI=1S/C5H9Cl3O/c1-4(2,3-9)5(6,7)8/h9H,3H2,1-2H3. The first-order valence-electron chi connectivity index (χ1n) is 2.49. The average molecular weight is 191 g/mol.